The smallest absolute Gasteiger partial charge is 0.251 e. The van der Waals surface area contributed by atoms with Crippen LogP contribution < -0.4 is 19.7 Å². The molecule has 2 aromatic carbocycles. The highest BCUT2D eigenvalue weighted by atomic mass is 16.5. The van der Waals surface area contributed by atoms with Crippen molar-refractivity contribution in [1.29, 1.82) is 0 Å². The van der Waals surface area contributed by atoms with Crippen molar-refractivity contribution in [2.75, 3.05) is 32.2 Å². The van der Waals surface area contributed by atoms with E-state index in [9.17, 15) is 9.59 Å². The van der Waals surface area contributed by atoms with Crippen LogP contribution in [0.2, 0.25) is 0 Å². The third-order valence-electron chi connectivity index (χ3n) is 4.07. The molecule has 1 N–H and O–H groups in total. The van der Waals surface area contributed by atoms with Crippen molar-refractivity contribution in [3.8, 4) is 11.5 Å². The van der Waals surface area contributed by atoms with Gasteiger partial charge in [-0.3, -0.25) is 9.59 Å². The van der Waals surface area contributed by atoms with Crippen LogP contribution in [0.4, 0.5) is 5.69 Å². The molecule has 26 heavy (non-hydrogen) atoms. The molecule has 0 atom stereocenters. The second kappa shape index (κ2) is 8.89. The highest BCUT2D eigenvalue weighted by Crippen LogP contribution is 2.32. The lowest BCUT2D eigenvalue weighted by Crippen LogP contribution is -2.38. The van der Waals surface area contributed by atoms with Crippen LogP contribution in [-0.2, 0) is 4.79 Å². The summed E-state index contributed by atoms with van der Waals surface area (Å²) in [6.07, 6.45) is 0. The maximum absolute atomic E-state index is 12.3. The summed E-state index contributed by atoms with van der Waals surface area (Å²) in [5.41, 5.74) is 2.13. The van der Waals surface area contributed by atoms with Gasteiger partial charge in [-0.15, -0.1) is 0 Å². The summed E-state index contributed by atoms with van der Waals surface area (Å²) in [5, 5.41) is 2.86. The molecule has 2 rings (SSSR count). The number of anilines is 1. The van der Waals surface area contributed by atoms with Crippen molar-refractivity contribution in [3.05, 3.63) is 53.6 Å². The first-order valence-corrected chi connectivity index (χ1v) is 8.32. The molecule has 0 radical (unpaired) electrons. The fourth-order valence-electron chi connectivity index (χ4n) is 2.66. The number of hydrogen-bond donors (Lipinski definition) is 1. The second-order valence-electron chi connectivity index (χ2n) is 5.78. The standard InChI is InChI=1S/C20H24N2O4/c1-14-7-5-6-8-17(14)20(24)21-11-12-22(15(2)23)18-13-16(25-3)9-10-19(18)26-4/h5-10,13H,11-12H2,1-4H3,(H,21,24). The van der Waals surface area contributed by atoms with E-state index in [2.05, 4.69) is 5.32 Å². The quantitative estimate of drug-likeness (QED) is 0.828. The molecule has 0 unspecified atom stereocenters. The summed E-state index contributed by atoms with van der Waals surface area (Å²) < 4.78 is 10.6. The van der Waals surface area contributed by atoms with E-state index in [1.165, 1.54) is 6.92 Å². The molecule has 0 aliphatic heterocycles. The Kier molecular flexibility index (Phi) is 6.60. The number of amides is 2. The molecule has 6 heteroatoms. The minimum atomic E-state index is -0.163. The number of nitrogens with one attached hydrogen (secondary N) is 1. The van der Waals surface area contributed by atoms with Crippen LogP contribution >= 0.6 is 0 Å². The Morgan fingerprint density at radius 3 is 2.42 bits per heavy atom. The zero-order chi connectivity index (χ0) is 19.1. The van der Waals surface area contributed by atoms with Gasteiger partial charge >= 0.3 is 0 Å². The Balaban J connectivity index is 2.11. The number of benzene rings is 2. The molecule has 0 saturated heterocycles. The van der Waals surface area contributed by atoms with Crippen molar-refractivity contribution in [2.24, 2.45) is 0 Å². The number of carbonyl (C=O) groups excluding carboxylic acids is 2. The summed E-state index contributed by atoms with van der Waals surface area (Å²) >= 11 is 0. The van der Waals surface area contributed by atoms with Gasteiger partial charge in [-0.2, -0.15) is 0 Å². The normalized spacial score (nSPS) is 10.2. The zero-order valence-corrected chi connectivity index (χ0v) is 15.5. The predicted octanol–water partition coefficient (Wildman–Crippen LogP) is 2.80. The van der Waals surface area contributed by atoms with Gasteiger partial charge in [0.2, 0.25) is 5.91 Å². The number of methoxy groups -OCH3 is 2. The summed E-state index contributed by atoms with van der Waals surface area (Å²) in [5.74, 6) is 0.869. The third kappa shape index (κ3) is 4.53. The van der Waals surface area contributed by atoms with Gasteiger partial charge in [0.05, 0.1) is 19.9 Å². The molecule has 6 nitrogen and oxygen atoms in total. The van der Waals surface area contributed by atoms with Crippen molar-refractivity contribution < 1.29 is 19.1 Å². The zero-order valence-electron chi connectivity index (χ0n) is 15.5. The summed E-state index contributed by atoms with van der Waals surface area (Å²) in [6.45, 7) is 3.99. The average molecular weight is 356 g/mol. The van der Waals surface area contributed by atoms with E-state index < -0.39 is 0 Å². The maximum Gasteiger partial charge on any atom is 0.251 e. The first-order chi connectivity index (χ1) is 12.5. The van der Waals surface area contributed by atoms with Crippen molar-refractivity contribution in [3.63, 3.8) is 0 Å². The molecule has 0 bridgehead atoms. The Bertz CT molecular complexity index is 789. The number of aryl methyl sites for hydroxylation is 1. The van der Waals surface area contributed by atoms with Gasteiger partial charge in [0.15, 0.2) is 0 Å². The number of nitrogens with zero attached hydrogens (tertiary/aromatic N) is 1. The number of ether oxygens (including phenoxy) is 2. The van der Waals surface area contributed by atoms with Crippen molar-refractivity contribution in [2.45, 2.75) is 13.8 Å². The second-order valence-corrected chi connectivity index (χ2v) is 5.78. The minimum Gasteiger partial charge on any atom is -0.497 e. The molecule has 138 valence electrons. The Hall–Kier alpha value is -3.02. The largest absolute Gasteiger partial charge is 0.497 e. The van der Waals surface area contributed by atoms with Crippen LogP contribution in [0.3, 0.4) is 0 Å². The van der Waals surface area contributed by atoms with E-state index in [1.807, 2.05) is 25.1 Å². The van der Waals surface area contributed by atoms with E-state index >= 15 is 0 Å². The molecule has 2 aromatic rings. The Morgan fingerprint density at radius 2 is 1.81 bits per heavy atom. The summed E-state index contributed by atoms with van der Waals surface area (Å²) in [4.78, 5) is 26.0. The van der Waals surface area contributed by atoms with Gasteiger partial charge < -0.3 is 19.7 Å². The SMILES string of the molecule is COc1ccc(OC)c(N(CCNC(=O)c2ccccc2C)C(C)=O)c1. The maximum atomic E-state index is 12.3. The lowest BCUT2D eigenvalue weighted by molar-refractivity contribution is -0.116. The van der Waals surface area contributed by atoms with Gasteiger partial charge in [0.25, 0.3) is 5.91 Å². The monoisotopic (exact) mass is 356 g/mol. The van der Waals surface area contributed by atoms with E-state index in [4.69, 9.17) is 9.47 Å². The molecule has 0 spiro atoms. The van der Waals surface area contributed by atoms with E-state index in [0.717, 1.165) is 5.56 Å². The first-order valence-electron chi connectivity index (χ1n) is 8.32. The van der Waals surface area contributed by atoms with Gasteiger partial charge in [-0.05, 0) is 30.7 Å². The van der Waals surface area contributed by atoms with Crippen LogP contribution in [0.25, 0.3) is 0 Å². The molecule has 0 aliphatic rings. The topological polar surface area (TPSA) is 67.9 Å². The van der Waals surface area contributed by atoms with Crippen LogP contribution in [0, 0.1) is 6.92 Å². The van der Waals surface area contributed by atoms with Gasteiger partial charge in [0.1, 0.15) is 11.5 Å². The molecular formula is C20H24N2O4. The van der Waals surface area contributed by atoms with Gasteiger partial charge in [-0.1, -0.05) is 18.2 Å². The minimum absolute atomic E-state index is 0.151. The molecule has 0 aromatic heterocycles. The fraction of sp³-hybridized carbons (Fsp3) is 0.300. The average Bonchev–Trinajstić information content (AvgIpc) is 2.64. The van der Waals surface area contributed by atoms with Gasteiger partial charge in [-0.25, -0.2) is 0 Å². The molecule has 0 saturated carbocycles. The van der Waals surface area contributed by atoms with Crippen LogP contribution in [0.1, 0.15) is 22.8 Å². The van der Waals surface area contributed by atoms with Crippen LogP contribution in [0.5, 0.6) is 11.5 Å². The summed E-state index contributed by atoms with van der Waals surface area (Å²) in [6, 6.07) is 12.6. The predicted molar refractivity (Wildman–Crippen MR) is 101 cm³/mol. The molecule has 0 fully saturated rings. The van der Waals surface area contributed by atoms with Crippen molar-refractivity contribution >= 4 is 17.5 Å². The molecule has 0 heterocycles. The van der Waals surface area contributed by atoms with Gasteiger partial charge in [0, 0.05) is 31.6 Å². The molecule has 2 amide bonds. The van der Waals surface area contributed by atoms with Crippen LogP contribution in [-0.4, -0.2) is 39.1 Å². The Labute approximate surface area is 153 Å². The fourth-order valence-corrected chi connectivity index (χ4v) is 2.66. The number of hydrogen-bond acceptors (Lipinski definition) is 4. The first kappa shape index (κ1) is 19.3. The summed E-state index contributed by atoms with van der Waals surface area (Å²) in [7, 11) is 3.11. The molecule has 0 aliphatic carbocycles. The van der Waals surface area contributed by atoms with E-state index in [1.54, 1.807) is 43.4 Å². The van der Waals surface area contributed by atoms with E-state index in [-0.39, 0.29) is 11.8 Å². The highest BCUT2D eigenvalue weighted by molar-refractivity contribution is 5.96. The number of rotatable bonds is 7. The van der Waals surface area contributed by atoms with Crippen LogP contribution in [0.15, 0.2) is 42.5 Å². The van der Waals surface area contributed by atoms with E-state index in [0.29, 0.717) is 35.8 Å². The highest BCUT2D eigenvalue weighted by Gasteiger charge is 2.18. The number of carbonyl (C=O) groups is 2. The Morgan fingerprint density at radius 1 is 1.08 bits per heavy atom. The van der Waals surface area contributed by atoms with Crippen molar-refractivity contribution in [1.82, 2.24) is 5.32 Å². The third-order valence-corrected chi connectivity index (χ3v) is 4.07. The lowest BCUT2D eigenvalue weighted by Gasteiger charge is -2.24. The molecular weight excluding hydrogens is 332 g/mol. The lowest BCUT2D eigenvalue weighted by atomic mass is 10.1.